The summed E-state index contributed by atoms with van der Waals surface area (Å²) in [4.78, 5) is 4.55. The van der Waals surface area contributed by atoms with Crippen LogP contribution in [0.4, 0.5) is 5.13 Å². The number of nitrogens with zero attached hydrogens (tertiary/aromatic N) is 2. The van der Waals surface area contributed by atoms with E-state index in [1.165, 1.54) is 12.1 Å². The average molecular weight is 387 g/mol. The topological polar surface area (TPSA) is 37.3 Å². The van der Waals surface area contributed by atoms with Gasteiger partial charge in [-0.3, -0.25) is 5.43 Å². The minimum atomic E-state index is 0. The van der Waals surface area contributed by atoms with E-state index in [1.807, 2.05) is 29.6 Å². The quantitative estimate of drug-likeness (QED) is 0.694. The largest absolute Gasteiger partial charge is 0.253 e. The van der Waals surface area contributed by atoms with Crippen LogP contribution in [0.25, 0.3) is 11.3 Å². The van der Waals surface area contributed by atoms with Crippen molar-refractivity contribution in [3.63, 3.8) is 0 Å². The molecule has 0 amide bonds. The van der Waals surface area contributed by atoms with Gasteiger partial charge in [-0.25, -0.2) is 4.98 Å². The predicted octanol–water partition coefficient (Wildman–Crippen LogP) is 5.63. The van der Waals surface area contributed by atoms with Crippen molar-refractivity contribution in [1.29, 1.82) is 0 Å². The number of anilines is 1. The summed E-state index contributed by atoms with van der Waals surface area (Å²) in [5.74, 6) is 0.761. The SMILES string of the molecule is Br.CC1CCC(=NNc2nc(-c3ccc(Cl)cc3)cs2)C1. The molecule has 0 aliphatic heterocycles. The first-order valence-electron chi connectivity index (χ1n) is 6.73. The van der Waals surface area contributed by atoms with Crippen molar-refractivity contribution in [3.05, 3.63) is 34.7 Å². The second kappa shape index (κ2) is 7.38. The minimum Gasteiger partial charge on any atom is -0.253 e. The lowest BCUT2D eigenvalue weighted by atomic mass is 10.1. The highest BCUT2D eigenvalue weighted by molar-refractivity contribution is 8.93. The third kappa shape index (κ3) is 4.28. The Morgan fingerprint density at radius 3 is 2.76 bits per heavy atom. The van der Waals surface area contributed by atoms with Gasteiger partial charge >= 0.3 is 0 Å². The molecule has 2 aromatic rings. The Morgan fingerprint density at radius 1 is 1.33 bits per heavy atom. The van der Waals surface area contributed by atoms with Gasteiger partial charge in [0, 0.05) is 21.7 Å². The molecule has 0 saturated heterocycles. The molecule has 3 rings (SSSR count). The van der Waals surface area contributed by atoms with E-state index in [2.05, 4.69) is 22.4 Å². The number of rotatable bonds is 3. The van der Waals surface area contributed by atoms with Crippen LogP contribution in [-0.2, 0) is 0 Å². The van der Waals surface area contributed by atoms with E-state index in [0.717, 1.165) is 40.2 Å². The molecule has 1 N–H and O–H groups in total. The number of hydrazone groups is 1. The maximum absolute atomic E-state index is 5.89. The first kappa shape index (κ1) is 16.5. The fraction of sp³-hybridized carbons (Fsp3) is 0.333. The summed E-state index contributed by atoms with van der Waals surface area (Å²) in [6, 6.07) is 7.71. The van der Waals surface area contributed by atoms with Crippen molar-refractivity contribution >= 4 is 50.8 Å². The normalized spacial score (nSPS) is 19.5. The van der Waals surface area contributed by atoms with Crippen LogP contribution in [0.1, 0.15) is 26.2 Å². The van der Waals surface area contributed by atoms with Gasteiger partial charge in [-0.05, 0) is 37.3 Å². The second-order valence-corrected chi connectivity index (χ2v) is 6.48. The van der Waals surface area contributed by atoms with Crippen LogP contribution < -0.4 is 5.43 Å². The average Bonchev–Trinajstić information content (AvgIpc) is 3.06. The molecule has 1 atom stereocenters. The molecule has 3 nitrogen and oxygen atoms in total. The third-order valence-electron chi connectivity index (χ3n) is 3.46. The smallest absolute Gasteiger partial charge is 0.203 e. The zero-order valence-corrected chi connectivity index (χ0v) is 15.0. The van der Waals surface area contributed by atoms with Crippen molar-refractivity contribution < 1.29 is 0 Å². The van der Waals surface area contributed by atoms with E-state index in [9.17, 15) is 0 Å². The molecule has 1 aromatic carbocycles. The van der Waals surface area contributed by atoms with E-state index in [0.29, 0.717) is 0 Å². The number of halogens is 2. The summed E-state index contributed by atoms with van der Waals surface area (Å²) in [5, 5.41) is 8.06. The van der Waals surface area contributed by atoms with Crippen LogP contribution in [0.3, 0.4) is 0 Å². The molecule has 21 heavy (non-hydrogen) atoms. The highest BCUT2D eigenvalue weighted by Crippen LogP contribution is 2.27. The van der Waals surface area contributed by atoms with E-state index in [4.69, 9.17) is 11.6 Å². The summed E-state index contributed by atoms with van der Waals surface area (Å²) in [6.45, 7) is 2.27. The summed E-state index contributed by atoms with van der Waals surface area (Å²) >= 11 is 7.46. The van der Waals surface area contributed by atoms with E-state index in [-0.39, 0.29) is 17.0 Å². The maximum atomic E-state index is 5.89. The van der Waals surface area contributed by atoms with E-state index in [1.54, 1.807) is 11.3 Å². The molecule has 1 fully saturated rings. The lowest BCUT2D eigenvalue weighted by molar-refractivity contribution is 0.623. The summed E-state index contributed by atoms with van der Waals surface area (Å²) in [5.41, 5.74) is 6.35. The summed E-state index contributed by atoms with van der Waals surface area (Å²) in [6.07, 6.45) is 3.44. The highest BCUT2D eigenvalue weighted by Gasteiger charge is 2.16. The minimum absolute atomic E-state index is 0. The number of hydrogen-bond acceptors (Lipinski definition) is 4. The summed E-state index contributed by atoms with van der Waals surface area (Å²) < 4.78 is 0. The van der Waals surface area contributed by atoms with Gasteiger partial charge in [0.2, 0.25) is 5.13 Å². The number of hydrogen-bond donors (Lipinski definition) is 1. The van der Waals surface area contributed by atoms with Gasteiger partial charge in [0.05, 0.1) is 5.69 Å². The van der Waals surface area contributed by atoms with E-state index < -0.39 is 0 Å². The van der Waals surface area contributed by atoms with Crippen LogP contribution >= 0.6 is 39.9 Å². The Balaban J connectivity index is 0.00000161. The number of thiazole rings is 1. The van der Waals surface area contributed by atoms with Gasteiger partial charge < -0.3 is 0 Å². The Hall–Kier alpha value is -0.910. The number of nitrogens with one attached hydrogen (secondary N) is 1. The van der Waals surface area contributed by atoms with Gasteiger partial charge in [0.1, 0.15) is 0 Å². The van der Waals surface area contributed by atoms with Gasteiger partial charge in [-0.1, -0.05) is 30.7 Å². The molecule has 6 heteroatoms. The van der Waals surface area contributed by atoms with Gasteiger partial charge in [0.15, 0.2) is 0 Å². The fourth-order valence-corrected chi connectivity index (χ4v) is 3.11. The first-order chi connectivity index (χ1) is 9.70. The predicted molar refractivity (Wildman–Crippen MR) is 97.0 cm³/mol. The molecule has 1 heterocycles. The van der Waals surface area contributed by atoms with Crippen molar-refractivity contribution in [1.82, 2.24) is 4.98 Å². The molecule has 0 bridgehead atoms. The van der Waals surface area contributed by atoms with Crippen molar-refractivity contribution in [2.24, 2.45) is 11.0 Å². The lowest BCUT2D eigenvalue weighted by Gasteiger charge is -1.98. The van der Waals surface area contributed by atoms with Crippen molar-refractivity contribution in [3.8, 4) is 11.3 Å². The van der Waals surface area contributed by atoms with Crippen LogP contribution in [0.2, 0.25) is 5.02 Å². The molecule has 0 radical (unpaired) electrons. The number of aromatic nitrogens is 1. The van der Waals surface area contributed by atoms with Crippen LogP contribution in [-0.4, -0.2) is 10.7 Å². The Bertz CT molecular complexity index is 624. The van der Waals surface area contributed by atoms with E-state index >= 15 is 0 Å². The maximum Gasteiger partial charge on any atom is 0.203 e. The second-order valence-electron chi connectivity index (χ2n) is 5.18. The zero-order valence-electron chi connectivity index (χ0n) is 11.7. The molecule has 1 aromatic heterocycles. The van der Waals surface area contributed by atoms with Crippen LogP contribution in [0, 0.1) is 5.92 Å². The van der Waals surface area contributed by atoms with Crippen LogP contribution in [0.15, 0.2) is 34.7 Å². The molecule has 1 unspecified atom stereocenters. The molecule has 0 spiro atoms. The standard InChI is InChI=1S/C15H16ClN3S.BrH/c1-10-2-7-13(8-10)18-19-15-17-14(9-20-15)11-3-5-12(16)6-4-11;/h3-6,9-10H,2,7-8H2,1H3,(H,17,19);1H. The van der Waals surface area contributed by atoms with Gasteiger partial charge in [-0.2, -0.15) is 5.10 Å². The Labute approximate surface area is 144 Å². The van der Waals surface area contributed by atoms with Gasteiger partial charge in [-0.15, -0.1) is 28.3 Å². The zero-order chi connectivity index (χ0) is 13.9. The monoisotopic (exact) mass is 385 g/mol. The van der Waals surface area contributed by atoms with Gasteiger partial charge in [0.25, 0.3) is 0 Å². The molecular formula is C15H17BrClN3S. The molecule has 112 valence electrons. The third-order valence-corrected chi connectivity index (χ3v) is 4.46. The molecule has 1 saturated carbocycles. The molecule has 1 aliphatic rings. The van der Waals surface area contributed by atoms with Crippen LogP contribution in [0.5, 0.6) is 0 Å². The Morgan fingerprint density at radius 2 is 2.10 bits per heavy atom. The lowest BCUT2D eigenvalue weighted by Crippen LogP contribution is -1.97. The molecule has 1 aliphatic carbocycles. The van der Waals surface area contributed by atoms with Crippen molar-refractivity contribution in [2.75, 3.05) is 5.43 Å². The molecular weight excluding hydrogens is 370 g/mol. The fourth-order valence-electron chi connectivity index (χ4n) is 2.33. The van der Waals surface area contributed by atoms with Crippen molar-refractivity contribution in [2.45, 2.75) is 26.2 Å². The number of benzene rings is 1. The Kier molecular flexibility index (Phi) is 5.79. The summed E-state index contributed by atoms with van der Waals surface area (Å²) in [7, 11) is 0. The highest BCUT2D eigenvalue weighted by atomic mass is 79.9. The first-order valence-corrected chi connectivity index (χ1v) is 7.99.